The molecule has 8 nitrogen and oxygen atoms in total. The fourth-order valence-corrected chi connectivity index (χ4v) is 3.79. The molecule has 3 rings (SSSR count). The van der Waals surface area contributed by atoms with E-state index in [1.165, 1.54) is 12.7 Å². The molecule has 0 radical (unpaired) electrons. The maximum absolute atomic E-state index is 10.1. The number of ether oxygens (including phenoxy) is 1. The Hall–Kier alpha value is -1.35. The molecule has 3 heterocycles. The number of aliphatic hydroxyl groups is 3. The molecule has 0 bridgehead atoms. The molecule has 3 N–H and O–H groups in total. The van der Waals surface area contributed by atoms with Crippen LogP contribution in [0.1, 0.15) is 6.23 Å². The Bertz CT molecular complexity index is 679. The summed E-state index contributed by atoms with van der Waals surface area (Å²) in [5, 5.41) is 30.0. The number of hydrogen-bond acceptors (Lipinski definition) is 7. The first-order valence-corrected chi connectivity index (χ1v) is 8.77. The first-order valence-electron chi connectivity index (χ1n) is 6.71. The van der Waals surface area contributed by atoms with Gasteiger partial charge in [0.2, 0.25) is 0 Å². The summed E-state index contributed by atoms with van der Waals surface area (Å²) in [6, 6.07) is 0. The summed E-state index contributed by atoms with van der Waals surface area (Å²) < 4.78 is 7.92. The normalized spacial score (nSPS) is 28.3. The third kappa shape index (κ3) is 2.56. The van der Waals surface area contributed by atoms with Gasteiger partial charge in [-0.1, -0.05) is 0 Å². The summed E-state index contributed by atoms with van der Waals surface area (Å²) in [6.07, 6.45) is 0.799. The number of rotatable bonds is 5. The number of allylic oxidation sites excluding steroid dienone is 1. The van der Waals surface area contributed by atoms with Crippen molar-refractivity contribution in [1.29, 1.82) is 0 Å². The van der Waals surface area contributed by atoms with Crippen LogP contribution in [0.2, 0.25) is 5.32 Å². The van der Waals surface area contributed by atoms with E-state index < -0.39 is 24.5 Å². The summed E-state index contributed by atoms with van der Waals surface area (Å²) in [7, 11) is 0. The molecule has 2 aromatic heterocycles. The molecule has 1 aliphatic rings. The van der Waals surface area contributed by atoms with Gasteiger partial charge >= 0.3 is 132 Å². The quantitative estimate of drug-likeness (QED) is 0.427. The van der Waals surface area contributed by atoms with Crippen LogP contribution in [-0.4, -0.2) is 74.7 Å². The van der Waals surface area contributed by atoms with E-state index in [0.717, 1.165) is 9.91 Å². The molecule has 1 saturated heterocycles. The number of fused-ring (bicyclic) bond motifs is 1. The average molecular weight is 371 g/mol. The Morgan fingerprint density at radius 1 is 1.32 bits per heavy atom. The molecule has 0 aliphatic carbocycles. The van der Waals surface area contributed by atoms with Crippen LogP contribution < -0.4 is 4.59 Å². The first-order chi connectivity index (χ1) is 10.7. The van der Waals surface area contributed by atoms with Crippen LogP contribution in [0.5, 0.6) is 0 Å². The maximum atomic E-state index is 10.1. The van der Waals surface area contributed by atoms with Gasteiger partial charge in [-0.2, -0.15) is 0 Å². The minimum atomic E-state index is -1.16. The average Bonchev–Trinajstić information content (AvgIpc) is 3.08. The number of imidazole rings is 1. The van der Waals surface area contributed by atoms with Crippen LogP contribution in [0.15, 0.2) is 25.3 Å². The van der Waals surface area contributed by atoms with E-state index in [1.54, 1.807) is 4.57 Å². The molecule has 0 amide bonds. The molecule has 0 spiro atoms. The van der Waals surface area contributed by atoms with E-state index >= 15 is 0 Å². The van der Waals surface area contributed by atoms with Crippen molar-refractivity contribution >= 4 is 30.7 Å². The standard InChI is InChI=1S/C13H16N4O4Se/c1-2-3-22-12-8-11(14-5-15-12)17(6-16-8)13-10(20)9(19)7(4-18)21-13/h2,5-7,9-10,13,18-20H,1,3-4H2. The molecular formula is C13H16N4O4Se. The van der Waals surface area contributed by atoms with Gasteiger partial charge in [0.25, 0.3) is 0 Å². The van der Waals surface area contributed by atoms with Crippen LogP contribution in [0.3, 0.4) is 0 Å². The summed E-state index contributed by atoms with van der Waals surface area (Å²) in [6.45, 7) is 3.33. The van der Waals surface area contributed by atoms with Crippen molar-refractivity contribution in [1.82, 2.24) is 19.5 Å². The number of aliphatic hydroxyl groups excluding tert-OH is 3. The topological polar surface area (TPSA) is 114 Å². The first kappa shape index (κ1) is 15.5. The SMILES string of the molecule is C=CC[Se]c1ncnc2c1ncn2C1OC(CO)C(O)C1O. The fraction of sp³-hybridized carbons (Fsp3) is 0.462. The third-order valence-corrected chi connectivity index (χ3v) is 5.50. The minimum absolute atomic E-state index is 0.102. The zero-order valence-corrected chi connectivity index (χ0v) is 13.3. The predicted octanol–water partition coefficient (Wildman–Crippen LogP) is -1.63. The molecule has 4 atom stereocenters. The summed E-state index contributed by atoms with van der Waals surface area (Å²) in [5.74, 6) is 0. The van der Waals surface area contributed by atoms with Gasteiger partial charge < -0.3 is 0 Å². The van der Waals surface area contributed by atoms with Crippen molar-refractivity contribution in [2.24, 2.45) is 0 Å². The van der Waals surface area contributed by atoms with Gasteiger partial charge in [-0.25, -0.2) is 0 Å². The number of hydrogen-bond donors (Lipinski definition) is 3. The predicted molar refractivity (Wildman–Crippen MR) is 78.7 cm³/mol. The van der Waals surface area contributed by atoms with Crippen LogP contribution in [0.4, 0.5) is 0 Å². The van der Waals surface area contributed by atoms with Crippen LogP contribution in [-0.2, 0) is 4.74 Å². The van der Waals surface area contributed by atoms with Crippen molar-refractivity contribution in [2.75, 3.05) is 6.61 Å². The number of aromatic nitrogens is 4. The molecule has 1 aliphatic heterocycles. The number of nitrogens with zero attached hydrogens (tertiary/aromatic N) is 4. The molecule has 118 valence electrons. The summed E-state index contributed by atoms with van der Waals surface area (Å²) >= 11 is 0.102. The molecule has 0 aromatic carbocycles. The van der Waals surface area contributed by atoms with E-state index in [9.17, 15) is 15.3 Å². The van der Waals surface area contributed by atoms with Crippen molar-refractivity contribution in [3.8, 4) is 0 Å². The van der Waals surface area contributed by atoms with Gasteiger partial charge in [0.15, 0.2) is 0 Å². The second-order valence-corrected chi connectivity index (χ2v) is 6.95. The second kappa shape index (κ2) is 6.41. The Balaban J connectivity index is 1.97. The van der Waals surface area contributed by atoms with Crippen molar-refractivity contribution in [3.05, 3.63) is 25.3 Å². The summed E-state index contributed by atoms with van der Waals surface area (Å²) in [4.78, 5) is 12.8. The van der Waals surface area contributed by atoms with Gasteiger partial charge in [0, 0.05) is 0 Å². The van der Waals surface area contributed by atoms with Crippen LogP contribution in [0, 0.1) is 0 Å². The molecule has 2 aromatic rings. The Morgan fingerprint density at radius 2 is 2.14 bits per heavy atom. The van der Waals surface area contributed by atoms with E-state index in [4.69, 9.17) is 4.74 Å². The van der Waals surface area contributed by atoms with Gasteiger partial charge in [0.05, 0.1) is 0 Å². The van der Waals surface area contributed by atoms with Crippen molar-refractivity contribution in [3.63, 3.8) is 0 Å². The van der Waals surface area contributed by atoms with Crippen LogP contribution >= 0.6 is 0 Å². The molecular weight excluding hydrogens is 355 g/mol. The van der Waals surface area contributed by atoms with Crippen molar-refractivity contribution in [2.45, 2.75) is 29.9 Å². The monoisotopic (exact) mass is 372 g/mol. The van der Waals surface area contributed by atoms with E-state index in [0.29, 0.717) is 11.2 Å². The molecule has 9 heteroatoms. The Labute approximate surface area is 132 Å². The molecule has 1 fully saturated rings. The van der Waals surface area contributed by atoms with Gasteiger partial charge in [-0.3, -0.25) is 0 Å². The Morgan fingerprint density at radius 3 is 2.82 bits per heavy atom. The Kier molecular flexibility index (Phi) is 4.53. The molecule has 22 heavy (non-hydrogen) atoms. The van der Waals surface area contributed by atoms with Gasteiger partial charge in [-0.15, -0.1) is 0 Å². The summed E-state index contributed by atoms with van der Waals surface area (Å²) in [5.41, 5.74) is 1.19. The van der Waals surface area contributed by atoms with Gasteiger partial charge in [-0.05, 0) is 0 Å². The van der Waals surface area contributed by atoms with E-state index in [-0.39, 0.29) is 21.6 Å². The zero-order valence-electron chi connectivity index (χ0n) is 11.6. The van der Waals surface area contributed by atoms with E-state index in [2.05, 4.69) is 21.5 Å². The van der Waals surface area contributed by atoms with E-state index in [1.807, 2.05) is 6.08 Å². The third-order valence-electron chi connectivity index (χ3n) is 3.45. The second-order valence-electron chi connectivity index (χ2n) is 4.83. The molecule has 4 unspecified atom stereocenters. The molecule has 0 saturated carbocycles. The fourth-order valence-electron chi connectivity index (χ4n) is 2.37. The van der Waals surface area contributed by atoms with Crippen molar-refractivity contribution < 1.29 is 20.1 Å². The van der Waals surface area contributed by atoms with Gasteiger partial charge in [0.1, 0.15) is 0 Å². The zero-order chi connectivity index (χ0) is 15.7. The van der Waals surface area contributed by atoms with Crippen LogP contribution in [0.25, 0.3) is 11.2 Å².